The van der Waals surface area contributed by atoms with Crippen LogP contribution in [0, 0.1) is 11.8 Å². The molecule has 3 rings (SSSR count). The molecule has 1 N–H and O–H groups in total. The van der Waals surface area contributed by atoms with Crippen LogP contribution in [0.15, 0.2) is 30.3 Å². The van der Waals surface area contributed by atoms with Crippen molar-refractivity contribution in [1.82, 2.24) is 20.0 Å². The molecule has 2 fully saturated rings. The van der Waals surface area contributed by atoms with Crippen LogP contribution in [0.1, 0.15) is 38.4 Å². The summed E-state index contributed by atoms with van der Waals surface area (Å²) in [7, 11) is 1.74. The average molecular weight is 386 g/mol. The molecule has 2 heterocycles. The van der Waals surface area contributed by atoms with E-state index >= 15 is 0 Å². The van der Waals surface area contributed by atoms with E-state index in [9.17, 15) is 14.4 Å². The normalized spacial score (nSPS) is 22.7. The molecule has 0 radical (unpaired) electrons. The van der Waals surface area contributed by atoms with Gasteiger partial charge in [0.2, 0.25) is 11.8 Å². The zero-order valence-electron chi connectivity index (χ0n) is 16.9. The maximum Gasteiger partial charge on any atom is 0.317 e. The highest BCUT2D eigenvalue weighted by Gasteiger charge is 2.42. The Labute approximate surface area is 166 Å². The highest BCUT2D eigenvalue weighted by molar-refractivity contribution is 5.90. The van der Waals surface area contributed by atoms with Crippen molar-refractivity contribution in [3.8, 4) is 0 Å². The summed E-state index contributed by atoms with van der Waals surface area (Å²) in [5, 5.41) is 2.93. The van der Waals surface area contributed by atoms with Crippen molar-refractivity contribution < 1.29 is 14.4 Å². The Morgan fingerprint density at radius 1 is 1.21 bits per heavy atom. The second-order valence-corrected chi connectivity index (χ2v) is 8.12. The van der Waals surface area contributed by atoms with Crippen molar-refractivity contribution in [2.24, 2.45) is 11.8 Å². The second kappa shape index (κ2) is 8.63. The van der Waals surface area contributed by atoms with Crippen LogP contribution < -0.4 is 5.32 Å². The van der Waals surface area contributed by atoms with Gasteiger partial charge in [-0.3, -0.25) is 9.59 Å². The minimum Gasteiger partial charge on any atom is -0.338 e. The third-order valence-electron chi connectivity index (χ3n) is 5.46. The van der Waals surface area contributed by atoms with Gasteiger partial charge in [-0.15, -0.1) is 0 Å². The number of urea groups is 1. The molecule has 7 heteroatoms. The van der Waals surface area contributed by atoms with E-state index in [-0.39, 0.29) is 36.5 Å². The fourth-order valence-corrected chi connectivity index (χ4v) is 3.92. The predicted molar refractivity (Wildman–Crippen MR) is 106 cm³/mol. The summed E-state index contributed by atoms with van der Waals surface area (Å²) in [5.41, 5.74) is 0.923. The van der Waals surface area contributed by atoms with Gasteiger partial charge in [-0.2, -0.15) is 0 Å². The predicted octanol–water partition coefficient (Wildman–Crippen LogP) is 2.06. The molecule has 2 aliphatic heterocycles. The lowest BCUT2D eigenvalue weighted by Gasteiger charge is -2.36. The van der Waals surface area contributed by atoms with Crippen molar-refractivity contribution >= 4 is 17.8 Å². The molecule has 2 atom stereocenters. The number of rotatable bonds is 4. The van der Waals surface area contributed by atoms with Crippen molar-refractivity contribution in [1.29, 1.82) is 0 Å². The summed E-state index contributed by atoms with van der Waals surface area (Å²) in [6, 6.07) is 9.51. The summed E-state index contributed by atoms with van der Waals surface area (Å²) in [6.07, 6.45) is 1.15. The Hall–Kier alpha value is -2.57. The van der Waals surface area contributed by atoms with E-state index < -0.39 is 0 Å². The number of hydrogen-bond acceptors (Lipinski definition) is 3. The molecule has 1 aromatic rings. The molecule has 152 valence electrons. The van der Waals surface area contributed by atoms with Gasteiger partial charge >= 0.3 is 6.03 Å². The average Bonchev–Trinajstić information content (AvgIpc) is 3.00. The van der Waals surface area contributed by atoms with Gasteiger partial charge in [0.15, 0.2) is 0 Å². The lowest BCUT2D eigenvalue weighted by Crippen LogP contribution is -2.50. The first kappa shape index (κ1) is 20.2. The molecule has 28 heavy (non-hydrogen) atoms. The third kappa shape index (κ3) is 4.29. The summed E-state index contributed by atoms with van der Waals surface area (Å²) in [4.78, 5) is 43.1. The Bertz CT molecular complexity index is 722. The molecule has 2 saturated heterocycles. The van der Waals surface area contributed by atoms with Crippen LogP contribution in [0.4, 0.5) is 4.79 Å². The van der Waals surface area contributed by atoms with Crippen molar-refractivity contribution in [3.05, 3.63) is 35.9 Å². The van der Waals surface area contributed by atoms with Crippen LogP contribution in [0.5, 0.6) is 0 Å². The molecule has 0 unspecified atom stereocenters. The van der Waals surface area contributed by atoms with Gasteiger partial charge in [-0.25, -0.2) is 4.79 Å². The van der Waals surface area contributed by atoms with Crippen LogP contribution in [0.3, 0.4) is 0 Å². The Kier molecular flexibility index (Phi) is 6.21. The van der Waals surface area contributed by atoms with E-state index in [0.29, 0.717) is 25.6 Å². The Morgan fingerprint density at radius 3 is 2.61 bits per heavy atom. The molecule has 0 aliphatic carbocycles. The van der Waals surface area contributed by atoms with Crippen LogP contribution in [-0.2, 0) is 9.59 Å². The third-order valence-corrected chi connectivity index (χ3v) is 5.46. The summed E-state index contributed by atoms with van der Waals surface area (Å²) in [6.45, 7) is 5.87. The minimum absolute atomic E-state index is 0.0482. The van der Waals surface area contributed by atoms with E-state index in [2.05, 4.69) is 5.32 Å². The number of carbonyl (C=O) groups is 3. The fraction of sp³-hybridized carbons (Fsp3) is 0.571. The van der Waals surface area contributed by atoms with E-state index in [1.165, 1.54) is 0 Å². The SMILES string of the molecule is CC(C)CNC(=O)N1CCC[C@@H](C(=O)N2CC(=O)N(C)[C@@H]2c2ccccc2)C1. The van der Waals surface area contributed by atoms with Crippen molar-refractivity contribution in [2.45, 2.75) is 32.9 Å². The standard InChI is InChI=1S/C21H30N4O3/c1-15(2)12-22-21(28)24-11-7-10-17(13-24)20(27)25-14-18(26)23(3)19(25)16-8-5-4-6-9-16/h4-6,8-9,15,17,19H,7,10-14H2,1-3H3,(H,22,28)/t17-,19+/m1/s1. The molecular weight excluding hydrogens is 356 g/mol. The van der Waals surface area contributed by atoms with Gasteiger partial charge in [0.25, 0.3) is 0 Å². The first-order chi connectivity index (χ1) is 13.4. The first-order valence-electron chi connectivity index (χ1n) is 10.0. The maximum absolute atomic E-state index is 13.3. The first-order valence-corrected chi connectivity index (χ1v) is 10.0. The van der Waals surface area contributed by atoms with Gasteiger partial charge in [0.1, 0.15) is 12.7 Å². The topological polar surface area (TPSA) is 73.0 Å². The highest BCUT2D eigenvalue weighted by atomic mass is 16.2. The number of piperidine rings is 1. The summed E-state index contributed by atoms with van der Waals surface area (Å²) >= 11 is 0. The number of nitrogens with zero attached hydrogens (tertiary/aromatic N) is 3. The number of benzene rings is 1. The largest absolute Gasteiger partial charge is 0.338 e. The molecule has 0 spiro atoms. The minimum atomic E-state index is -0.383. The Balaban J connectivity index is 1.71. The molecule has 7 nitrogen and oxygen atoms in total. The number of amides is 4. The lowest BCUT2D eigenvalue weighted by molar-refractivity contribution is -0.139. The van der Waals surface area contributed by atoms with Crippen molar-refractivity contribution in [2.75, 3.05) is 33.2 Å². The van der Waals surface area contributed by atoms with Gasteiger partial charge in [0, 0.05) is 26.7 Å². The zero-order chi connectivity index (χ0) is 20.3. The molecule has 2 aliphatic rings. The van der Waals surface area contributed by atoms with Crippen LogP contribution in [-0.4, -0.2) is 65.8 Å². The maximum atomic E-state index is 13.3. The van der Waals surface area contributed by atoms with E-state index in [1.54, 1.807) is 21.7 Å². The lowest BCUT2D eigenvalue weighted by atomic mass is 9.96. The summed E-state index contributed by atoms with van der Waals surface area (Å²) in [5.74, 6) is -0.00882. The molecule has 0 bridgehead atoms. The van der Waals surface area contributed by atoms with E-state index in [4.69, 9.17) is 0 Å². The number of likely N-dealkylation sites (tertiary alicyclic amines) is 1. The molecule has 0 aromatic heterocycles. The molecule has 0 saturated carbocycles. The number of nitrogens with one attached hydrogen (secondary N) is 1. The van der Waals surface area contributed by atoms with E-state index in [1.807, 2.05) is 44.2 Å². The Morgan fingerprint density at radius 2 is 1.93 bits per heavy atom. The highest BCUT2D eigenvalue weighted by Crippen LogP contribution is 2.32. The fourth-order valence-electron chi connectivity index (χ4n) is 3.92. The number of likely N-dealkylation sites (N-methyl/N-ethyl adjacent to an activating group) is 1. The quantitative estimate of drug-likeness (QED) is 0.861. The number of carbonyl (C=O) groups excluding carboxylic acids is 3. The van der Waals surface area contributed by atoms with Gasteiger partial charge in [-0.1, -0.05) is 44.2 Å². The number of hydrogen-bond donors (Lipinski definition) is 1. The van der Waals surface area contributed by atoms with Gasteiger partial charge in [0.05, 0.1) is 5.92 Å². The van der Waals surface area contributed by atoms with Crippen molar-refractivity contribution in [3.63, 3.8) is 0 Å². The molecule has 1 aromatic carbocycles. The summed E-state index contributed by atoms with van der Waals surface area (Å²) < 4.78 is 0. The van der Waals surface area contributed by atoms with Crippen LogP contribution in [0.25, 0.3) is 0 Å². The second-order valence-electron chi connectivity index (χ2n) is 8.12. The monoisotopic (exact) mass is 386 g/mol. The molecular formula is C21H30N4O3. The smallest absolute Gasteiger partial charge is 0.317 e. The zero-order valence-corrected chi connectivity index (χ0v) is 16.9. The van der Waals surface area contributed by atoms with E-state index in [0.717, 1.165) is 18.4 Å². The van der Waals surface area contributed by atoms with Gasteiger partial charge < -0.3 is 20.0 Å². The molecule has 4 amide bonds. The van der Waals surface area contributed by atoms with Crippen LogP contribution in [0.2, 0.25) is 0 Å². The van der Waals surface area contributed by atoms with Crippen LogP contribution >= 0.6 is 0 Å². The van der Waals surface area contributed by atoms with Gasteiger partial charge in [-0.05, 0) is 24.3 Å².